The molecule has 2 rings (SSSR count). The summed E-state index contributed by atoms with van der Waals surface area (Å²) < 4.78 is 0. The van der Waals surface area contributed by atoms with Crippen LogP contribution in [0.3, 0.4) is 0 Å². The van der Waals surface area contributed by atoms with Gasteiger partial charge < -0.3 is 5.21 Å². The Bertz CT molecular complexity index is 420. The van der Waals surface area contributed by atoms with E-state index in [1.165, 1.54) is 6.20 Å². The van der Waals surface area contributed by atoms with Gasteiger partial charge in [-0.15, -0.1) is 0 Å². The van der Waals surface area contributed by atoms with Gasteiger partial charge in [0, 0.05) is 16.2 Å². The Balaban J connectivity index is 2.52. The minimum absolute atomic E-state index is 0.595. The van der Waals surface area contributed by atoms with Crippen LogP contribution in [0.1, 0.15) is 5.56 Å². The molecule has 0 radical (unpaired) electrons. The molecule has 0 saturated heterocycles. The molecule has 0 aliphatic carbocycles. The first-order chi connectivity index (χ1) is 6.75. The average molecular weight is 186 g/mol. The number of hydrogen-bond acceptors (Lipinski definition) is 2. The lowest BCUT2D eigenvalue weighted by Crippen LogP contribution is -2.31. The fourth-order valence-electron chi connectivity index (χ4n) is 1.34. The highest BCUT2D eigenvalue weighted by molar-refractivity contribution is 5.58. The van der Waals surface area contributed by atoms with Crippen LogP contribution < -0.4 is 4.85 Å². The molecule has 0 unspecified atom stereocenters. The van der Waals surface area contributed by atoms with E-state index in [1.54, 1.807) is 0 Å². The third-order valence-electron chi connectivity index (χ3n) is 1.95. The minimum atomic E-state index is 0.595. The van der Waals surface area contributed by atoms with E-state index < -0.39 is 0 Å². The molecule has 0 saturated carbocycles. The molecule has 0 atom stereocenters. The summed E-state index contributed by atoms with van der Waals surface area (Å²) in [6.45, 7) is 1.88. The van der Waals surface area contributed by atoms with Crippen molar-refractivity contribution in [1.29, 1.82) is 0 Å². The van der Waals surface area contributed by atoms with Gasteiger partial charge in [0.1, 0.15) is 5.69 Å². The average Bonchev–Trinajstić information content (AvgIpc) is 2.18. The van der Waals surface area contributed by atoms with Crippen LogP contribution in [0.5, 0.6) is 0 Å². The van der Waals surface area contributed by atoms with Gasteiger partial charge in [0.2, 0.25) is 6.20 Å². The molecule has 14 heavy (non-hydrogen) atoms. The van der Waals surface area contributed by atoms with Gasteiger partial charge in [0.15, 0.2) is 0 Å². The first-order valence-corrected chi connectivity index (χ1v) is 4.39. The molecule has 0 amide bonds. The SMILES string of the molecule is Cc1cc(-c2ccccc2)n[n+]([O-])c1. The summed E-state index contributed by atoms with van der Waals surface area (Å²) in [6, 6.07) is 11.5. The van der Waals surface area contributed by atoms with Crippen molar-refractivity contribution in [3.05, 3.63) is 53.4 Å². The van der Waals surface area contributed by atoms with E-state index >= 15 is 0 Å². The van der Waals surface area contributed by atoms with Crippen molar-refractivity contribution in [3.63, 3.8) is 0 Å². The Hall–Kier alpha value is -1.90. The van der Waals surface area contributed by atoms with Gasteiger partial charge in [-0.05, 0) is 13.0 Å². The van der Waals surface area contributed by atoms with Gasteiger partial charge in [-0.2, -0.15) is 0 Å². The quantitative estimate of drug-likeness (QED) is 0.502. The highest BCUT2D eigenvalue weighted by Gasteiger charge is 2.04. The van der Waals surface area contributed by atoms with Crippen molar-refractivity contribution in [2.24, 2.45) is 0 Å². The van der Waals surface area contributed by atoms with Crippen LogP contribution in [0.2, 0.25) is 0 Å². The summed E-state index contributed by atoms with van der Waals surface area (Å²) in [4.78, 5) is 0.595. The zero-order valence-electron chi connectivity index (χ0n) is 7.84. The molecule has 1 heterocycles. The maximum atomic E-state index is 11.1. The van der Waals surface area contributed by atoms with Crippen LogP contribution in [0.4, 0.5) is 0 Å². The van der Waals surface area contributed by atoms with Crippen LogP contribution >= 0.6 is 0 Å². The number of hydrogen-bond donors (Lipinski definition) is 0. The number of aromatic nitrogens is 2. The molecule has 1 aromatic carbocycles. The zero-order chi connectivity index (χ0) is 9.97. The normalized spacial score (nSPS) is 10.1. The van der Waals surface area contributed by atoms with E-state index in [0.717, 1.165) is 11.1 Å². The molecule has 3 nitrogen and oxygen atoms in total. The van der Waals surface area contributed by atoms with Gasteiger partial charge in [-0.25, -0.2) is 0 Å². The lowest BCUT2D eigenvalue weighted by Gasteiger charge is -2.00. The molecule has 0 N–H and O–H groups in total. The Morgan fingerprint density at radius 2 is 1.93 bits per heavy atom. The summed E-state index contributed by atoms with van der Waals surface area (Å²) >= 11 is 0. The molecule has 70 valence electrons. The molecule has 1 aromatic heterocycles. The third-order valence-corrected chi connectivity index (χ3v) is 1.95. The second kappa shape index (κ2) is 3.46. The van der Waals surface area contributed by atoms with E-state index in [4.69, 9.17) is 0 Å². The predicted molar refractivity (Wildman–Crippen MR) is 53.4 cm³/mol. The van der Waals surface area contributed by atoms with Gasteiger partial charge in [0.05, 0.1) is 0 Å². The van der Waals surface area contributed by atoms with Crippen molar-refractivity contribution >= 4 is 0 Å². The van der Waals surface area contributed by atoms with Gasteiger partial charge in [-0.3, -0.25) is 0 Å². The fourth-order valence-corrected chi connectivity index (χ4v) is 1.34. The van der Waals surface area contributed by atoms with Crippen molar-refractivity contribution in [2.45, 2.75) is 6.92 Å². The van der Waals surface area contributed by atoms with Crippen LogP contribution in [0, 0.1) is 12.1 Å². The number of benzene rings is 1. The highest BCUT2D eigenvalue weighted by atomic mass is 16.5. The standard InChI is InChI=1S/C11H10N2O/c1-9-7-11(12-13(14)8-9)10-5-3-2-4-6-10/h2-8H,1H3. The Morgan fingerprint density at radius 3 is 2.57 bits per heavy atom. The zero-order valence-corrected chi connectivity index (χ0v) is 7.84. The van der Waals surface area contributed by atoms with E-state index in [0.29, 0.717) is 10.5 Å². The molecule has 0 spiro atoms. The first-order valence-electron chi connectivity index (χ1n) is 4.39. The Morgan fingerprint density at radius 1 is 1.21 bits per heavy atom. The summed E-state index contributed by atoms with van der Waals surface area (Å²) in [5, 5.41) is 15.0. The van der Waals surface area contributed by atoms with Crippen LogP contribution in [-0.4, -0.2) is 5.10 Å². The summed E-state index contributed by atoms with van der Waals surface area (Å²) in [5.74, 6) is 0. The Kier molecular flexibility index (Phi) is 2.14. The van der Waals surface area contributed by atoms with Gasteiger partial charge in [-0.1, -0.05) is 35.2 Å². The second-order valence-corrected chi connectivity index (χ2v) is 3.17. The molecule has 0 bridgehead atoms. The molecule has 0 fully saturated rings. The molecule has 0 aliphatic rings. The van der Waals surface area contributed by atoms with Crippen LogP contribution in [0.15, 0.2) is 42.6 Å². The van der Waals surface area contributed by atoms with Crippen molar-refractivity contribution in [1.82, 2.24) is 5.10 Å². The number of aryl methyl sites for hydroxylation is 1. The second-order valence-electron chi connectivity index (χ2n) is 3.17. The summed E-state index contributed by atoms with van der Waals surface area (Å²) in [6.07, 6.45) is 1.45. The predicted octanol–water partition coefficient (Wildman–Crippen LogP) is 1.69. The van der Waals surface area contributed by atoms with Crippen LogP contribution in [-0.2, 0) is 0 Å². The smallest absolute Gasteiger partial charge is 0.212 e. The van der Waals surface area contributed by atoms with E-state index in [9.17, 15) is 5.21 Å². The van der Waals surface area contributed by atoms with E-state index in [1.807, 2.05) is 43.3 Å². The number of nitrogens with zero attached hydrogens (tertiary/aromatic N) is 2. The van der Waals surface area contributed by atoms with E-state index in [-0.39, 0.29) is 0 Å². The molecule has 2 aromatic rings. The van der Waals surface area contributed by atoms with Crippen molar-refractivity contribution in [3.8, 4) is 11.3 Å². The minimum Gasteiger partial charge on any atom is -0.594 e. The molecule has 0 aliphatic heterocycles. The molecular formula is C11H10N2O. The van der Waals surface area contributed by atoms with Gasteiger partial charge >= 0.3 is 0 Å². The monoisotopic (exact) mass is 186 g/mol. The maximum absolute atomic E-state index is 11.1. The largest absolute Gasteiger partial charge is 0.594 e. The lowest BCUT2D eigenvalue weighted by atomic mass is 10.1. The van der Waals surface area contributed by atoms with Crippen molar-refractivity contribution in [2.75, 3.05) is 0 Å². The highest BCUT2D eigenvalue weighted by Crippen LogP contribution is 2.14. The van der Waals surface area contributed by atoms with Gasteiger partial charge in [0.25, 0.3) is 0 Å². The Labute approximate surface area is 82.2 Å². The molecule has 3 heteroatoms. The third kappa shape index (κ3) is 1.71. The topological polar surface area (TPSA) is 39.8 Å². The number of rotatable bonds is 1. The maximum Gasteiger partial charge on any atom is 0.212 e. The molecular weight excluding hydrogens is 176 g/mol. The van der Waals surface area contributed by atoms with E-state index in [2.05, 4.69) is 5.10 Å². The summed E-state index contributed by atoms with van der Waals surface area (Å²) in [5.41, 5.74) is 2.58. The van der Waals surface area contributed by atoms with Crippen molar-refractivity contribution < 1.29 is 4.85 Å². The lowest BCUT2D eigenvalue weighted by molar-refractivity contribution is -0.668. The fraction of sp³-hybridized carbons (Fsp3) is 0.0909. The summed E-state index contributed by atoms with van der Waals surface area (Å²) in [7, 11) is 0. The first kappa shape index (κ1) is 8.69. The van der Waals surface area contributed by atoms with Crippen LogP contribution in [0.25, 0.3) is 11.3 Å².